The topological polar surface area (TPSA) is 94.6 Å². The van der Waals surface area contributed by atoms with E-state index in [1.165, 1.54) is 29.9 Å². The summed E-state index contributed by atoms with van der Waals surface area (Å²) in [5, 5.41) is 20.1. The second-order valence-corrected chi connectivity index (χ2v) is 4.53. The molecule has 0 atom stereocenters. The van der Waals surface area contributed by atoms with Crippen LogP contribution >= 0.6 is 0 Å². The van der Waals surface area contributed by atoms with Crippen LogP contribution in [-0.4, -0.2) is 27.7 Å². The van der Waals surface area contributed by atoms with E-state index >= 15 is 0 Å². The van der Waals surface area contributed by atoms with Gasteiger partial charge in [0.25, 0.3) is 5.69 Å². The molecule has 2 aromatic rings. The van der Waals surface area contributed by atoms with Crippen LogP contribution < -0.4 is 4.74 Å². The SMILES string of the molecule is COc1ccc([N+](=O)[O-])cc1Cn1ccc(C)c1C(=O)O. The quantitative estimate of drug-likeness (QED) is 0.674. The molecule has 0 amide bonds. The van der Waals surface area contributed by atoms with Gasteiger partial charge in [-0.05, 0) is 24.6 Å². The zero-order chi connectivity index (χ0) is 15.6. The number of benzene rings is 1. The van der Waals surface area contributed by atoms with Crippen molar-refractivity contribution in [2.24, 2.45) is 0 Å². The third kappa shape index (κ3) is 2.86. The number of nitrogens with zero attached hydrogens (tertiary/aromatic N) is 2. The zero-order valence-electron chi connectivity index (χ0n) is 11.6. The van der Waals surface area contributed by atoms with Crippen LogP contribution in [0.4, 0.5) is 5.69 Å². The highest BCUT2D eigenvalue weighted by molar-refractivity contribution is 5.87. The van der Waals surface area contributed by atoms with E-state index in [1.807, 2.05) is 0 Å². The number of carbonyl (C=O) groups is 1. The van der Waals surface area contributed by atoms with Crippen LogP contribution in [-0.2, 0) is 6.54 Å². The molecule has 7 heteroatoms. The number of hydrogen-bond acceptors (Lipinski definition) is 4. The standard InChI is InChI=1S/C14H14N2O5/c1-9-5-6-15(13(9)14(17)18)8-10-7-11(16(19)20)3-4-12(10)21-2/h3-7H,8H2,1-2H3,(H,17,18). The van der Waals surface area contributed by atoms with Gasteiger partial charge in [0, 0.05) is 23.9 Å². The van der Waals surface area contributed by atoms with Crippen molar-refractivity contribution >= 4 is 11.7 Å². The van der Waals surface area contributed by atoms with Crippen LogP contribution in [0.5, 0.6) is 5.75 Å². The molecule has 0 saturated carbocycles. The molecule has 1 N–H and O–H groups in total. The summed E-state index contributed by atoms with van der Waals surface area (Å²) in [6.45, 7) is 1.88. The van der Waals surface area contributed by atoms with Crippen molar-refractivity contribution in [2.45, 2.75) is 13.5 Å². The molecule has 0 fully saturated rings. The van der Waals surface area contributed by atoms with Gasteiger partial charge in [0.2, 0.25) is 0 Å². The Hall–Kier alpha value is -2.83. The summed E-state index contributed by atoms with van der Waals surface area (Å²) in [4.78, 5) is 21.6. The molecule has 0 radical (unpaired) electrons. The molecule has 1 aromatic carbocycles. The summed E-state index contributed by atoms with van der Waals surface area (Å²) >= 11 is 0. The fraction of sp³-hybridized carbons (Fsp3) is 0.214. The maximum atomic E-state index is 11.3. The Morgan fingerprint density at radius 1 is 1.43 bits per heavy atom. The summed E-state index contributed by atoms with van der Waals surface area (Å²) in [5.41, 5.74) is 1.27. The number of aromatic nitrogens is 1. The average molecular weight is 290 g/mol. The van der Waals surface area contributed by atoms with E-state index < -0.39 is 10.9 Å². The van der Waals surface area contributed by atoms with Crippen molar-refractivity contribution in [3.63, 3.8) is 0 Å². The van der Waals surface area contributed by atoms with Gasteiger partial charge in [-0.15, -0.1) is 0 Å². The lowest BCUT2D eigenvalue weighted by molar-refractivity contribution is -0.384. The number of non-ortho nitro benzene ring substituents is 1. The number of ether oxygens (including phenoxy) is 1. The Morgan fingerprint density at radius 2 is 2.14 bits per heavy atom. The van der Waals surface area contributed by atoms with Gasteiger partial charge in [0.15, 0.2) is 0 Å². The number of carboxylic acids is 1. The summed E-state index contributed by atoms with van der Waals surface area (Å²) in [6, 6.07) is 5.93. The Labute approximate surface area is 120 Å². The maximum absolute atomic E-state index is 11.3. The maximum Gasteiger partial charge on any atom is 0.352 e. The van der Waals surface area contributed by atoms with Gasteiger partial charge >= 0.3 is 5.97 Å². The smallest absolute Gasteiger partial charge is 0.352 e. The van der Waals surface area contributed by atoms with Gasteiger partial charge in [-0.1, -0.05) is 0 Å². The molecule has 1 heterocycles. The second-order valence-electron chi connectivity index (χ2n) is 4.53. The number of aromatic carboxylic acids is 1. The Balaban J connectivity index is 2.45. The van der Waals surface area contributed by atoms with Crippen molar-refractivity contribution < 1.29 is 19.6 Å². The largest absolute Gasteiger partial charge is 0.496 e. The van der Waals surface area contributed by atoms with E-state index in [0.717, 1.165) is 0 Å². The predicted molar refractivity (Wildman–Crippen MR) is 74.9 cm³/mol. The number of nitro groups is 1. The normalized spacial score (nSPS) is 10.4. The van der Waals surface area contributed by atoms with Crippen molar-refractivity contribution in [3.8, 4) is 5.75 Å². The molecular formula is C14H14N2O5. The van der Waals surface area contributed by atoms with E-state index in [1.54, 1.807) is 19.2 Å². The van der Waals surface area contributed by atoms with Crippen LogP contribution in [0.25, 0.3) is 0 Å². The van der Waals surface area contributed by atoms with Crippen LogP contribution in [0, 0.1) is 17.0 Å². The number of methoxy groups -OCH3 is 1. The molecule has 0 saturated heterocycles. The van der Waals surface area contributed by atoms with E-state index in [2.05, 4.69) is 0 Å². The third-order valence-electron chi connectivity index (χ3n) is 3.18. The molecular weight excluding hydrogens is 276 g/mol. The number of hydrogen-bond donors (Lipinski definition) is 1. The molecule has 0 spiro atoms. The molecule has 110 valence electrons. The Morgan fingerprint density at radius 3 is 2.71 bits per heavy atom. The molecule has 0 aliphatic rings. The van der Waals surface area contributed by atoms with Crippen LogP contribution in [0.1, 0.15) is 21.6 Å². The molecule has 0 aliphatic carbocycles. The van der Waals surface area contributed by atoms with Gasteiger partial charge in [-0.2, -0.15) is 0 Å². The first-order valence-electron chi connectivity index (χ1n) is 6.14. The minimum Gasteiger partial charge on any atom is -0.496 e. The molecule has 0 bridgehead atoms. The van der Waals surface area contributed by atoms with E-state index in [-0.39, 0.29) is 17.9 Å². The van der Waals surface area contributed by atoms with Crippen LogP contribution in [0.2, 0.25) is 0 Å². The van der Waals surface area contributed by atoms with Crippen molar-refractivity contribution in [3.05, 3.63) is 57.4 Å². The summed E-state index contributed by atoms with van der Waals surface area (Å²) in [6.07, 6.45) is 1.64. The summed E-state index contributed by atoms with van der Waals surface area (Å²) < 4.78 is 6.70. The fourth-order valence-electron chi connectivity index (χ4n) is 2.19. The highest BCUT2D eigenvalue weighted by atomic mass is 16.6. The van der Waals surface area contributed by atoms with Gasteiger partial charge in [-0.25, -0.2) is 4.79 Å². The molecule has 0 unspecified atom stereocenters. The van der Waals surface area contributed by atoms with Crippen molar-refractivity contribution in [1.82, 2.24) is 4.57 Å². The third-order valence-corrected chi connectivity index (χ3v) is 3.18. The van der Waals surface area contributed by atoms with E-state index in [9.17, 15) is 20.0 Å². The van der Waals surface area contributed by atoms with E-state index in [0.29, 0.717) is 16.9 Å². The predicted octanol–water partition coefficient (Wildman–Crippen LogP) is 2.46. The lowest BCUT2D eigenvalue weighted by atomic mass is 10.1. The molecule has 21 heavy (non-hydrogen) atoms. The Bertz CT molecular complexity index is 705. The van der Waals surface area contributed by atoms with Gasteiger partial charge in [0.05, 0.1) is 18.6 Å². The van der Waals surface area contributed by atoms with Gasteiger partial charge in [0.1, 0.15) is 11.4 Å². The lowest BCUT2D eigenvalue weighted by Gasteiger charge is -2.11. The second kappa shape index (κ2) is 5.66. The first-order chi connectivity index (χ1) is 9.93. The first-order valence-corrected chi connectivity index (χ1v) is 6.14. The zero-order valence-corrected chi connectivity index (χ0v) is 11.6. The molecule has 0 aliphatic heterocycles. The van der Waals surface area contributed by atoms with Crippen LogP contribution in [0.3, 0.4) is 0 Å². The molecule has 1 aromatic heterocycles. The fourth-order valence-corrected chi connectivity index (χ4v) is 2.19. The number of rotatable bonds is 5. The number of nitro benzene ring substituents is 1. The van der Waals surface area contributed by atoms with Crippen molar-refractivity contribution in [1.29, 1.82) is 0 Å². The minimum atomic E-state index is -1.04. The van der Waals surface area contributed by atoms with Gasteiger partial charge < -0.3 is 14.4 Å². The highest BCUT2D eigenvalue weighted by Crippen LogP contribution is 2.25. The molecule has 2 rings (SSSR count). The summed E-state index contributed by atoms with van der Waals surface area (Å²) in [7, 11) is 1.46. The van der Waals surface area contributed by atoms with Crippen LogP contribution in [0.15, 0.2) is 30.5 Å². The minimum absolute atomic E-state index is 0.0634. The van der Waals surface area contributed by atoms with Gasteiger partial charge in [-0.3, -0.25) is 10.1 Å². The lowest BCUT2D eigenvalue weighted by Crippen LogP contribution is -2.10. The van der Waals surface area contributed by atoms with E-state index in [4.69, 9.17) is 4.74 Å². The average Bonchev–Trinajstić information content (AvgIpc) is 2.79. The summed E-state index contributed by atoms with van der Waals surface area (Å²) in [5.74, 6) is -0.565. The molecule has 7 nitrogen and oxygen atoms in total. The highest BCUT2D eigenvalue weighted by Gasteiger charge is 2.16. The van der Waals surface area contributed by atoms with Crippen molar-refractivity contribution in [2.75, 3.05) is 7.11 Å². The number of carboxylic acid groups (broad SMARTS) is 1. The monoisotopic (exact) mass is 290 g/mol. The number of aryl methyl sites for hydroxylation is 1. The Kier molecular flexibility index (Phi) is 3.93. The first kappa shape index (κ1) is 14.6.